The molecule has 2 heterocycles. The number of nitrogens with zero attached hydrogens (tertiary/aromatic N) is 2. The Labute approximate surface area is 119 Å². The second-order valence-corrected chi connectivity index (χ2v) is 6.17. The highest BCUT2D eigenvalue weighted by Crippen LogP contribution is 2.35. The number of nitrogens with one attached hydrogen (secondary N) is 1. The number of fused-ring (bicyclic) bond motifs is 1. The molecule has 1 aliphatic heterocycles. The third kappa shape index (κ3) is 2.73. The van der Waals surface area contributed by atoms with Crippen molar-refractivity contribution in [1.82, 2.24) is 14.9 Å². The summed E-state index contributed by atoms with van der Waals surface area (Å²) in [5.41, 5.74) is 7.06. The maximum atomic E-state index is 12.6. The van der Waals surface area contributed by atoms with Crippen molar-refractivity contribution < 1.29 is 4.79 Å². The van der Waals surface area contributed by atoms with E-state index >= 15 is 0 Å². The summed E-state index contributed by atoms with van der Waals surface area (Å²) < 4.78 is 0. The number of aromatic amines is 1. The predicted molar refractivity (Wildman–Crippen MR) is 77.0 cm³/mol. The molecule has 20 heavy (non-hydrogen) atoms. The maximum absolute atomic E-state index is 12.6. The van der Waals surface area contributed by atoms with Crippen molar-refractivity contribution in [3.8, 4) is 0 Å². The summed E-state index contributed by atoms with van der Waals surface area (Å²) in [6, 6.07) is -0.00561. The van der Waals surface area contributed by atoms with Gasteiger partial charge in [0.1, 0.15) is 0 Å². The lowest BCUT2D eigenvalue weighted by atomic mass is 9.78. The zero-order valence-electron chi connectivity index (χ0n) is 11.9. The van der Waals surface area contributed by atoms with Crippen molar-refractivity contribution in [2.45, 2.75) is 57.0 Å². The van der Waals surface area contributed by atoms with E-state index in [2.05, 4.69) is 14.9 Å². The number of carbonyl (C=O) groups excluding carboxylic acids is 1. The van der Waals surface area contributed by atoms with E-state index < -0.39 is 6.04 Å². The second kappa shape index (κ2) is 5.95. The van der Waals surface area contributed by atoms with Crippen molar-refractivity contribution in [2.24, 2.45) is 11.7 Å². The molecule has 1 aliphatic carbocycles. The molecule has 1 saturated carbocycles. The lowest BCUT2D eigenvalue weighted by Gasteiger charge is -2.45. The fourth-order valence-corrected chi connectivity index (χ4v) is 3.83. The molecule has 5 heteroatoms. The molecule has 0 bridgehead atoms. The van der Waals surface area contributed by atoms with Crippen LogP contribution >= 0.6 is 0 Å². The molecule has 1 aromatic heterocycles. The SMILES string of the molecule is N[C@H](Cc1cnc[nH]1)C(=O)N1CCC[C@H]2CCCC[C@@H]21. The largest absolute Gasteiger partial charge is 0.348 e. The van der Waals surface area contributed by atoms with Gasteiger partial charge >= 0.3 is 0 Å². The number of likely N-dealkylation sites (tertiary alicyclic amines) is 1. The smallest absolute Gasteiger partial charge is 0.240 e. The van der Waals surface area contributed by atoms with E-state index in [0.29, 0.717) is 18.4 Å². The van der Waals surface area contributed by atoms with Gasteiger partial charge in [-0.25, -0.2) is 4.98 Å². The molecule has 110 valence electrons. The highest BCUT2D eigenvalue weighted by Gasteiger charge is 2.37. The molecule has 3 rings (SSSR count). The monoisotopic (exact) mass is 276 g/mol. The summed E-state index contributed by atoms with van der Waals surface area (Å²) >= 11 is 0. The lowest BCUT2D eigenvalue weighted by Crippen LogP contribution is -2.55. The van der Waals surface area contributed by atoms with Crippen LogP contribution in [0.1, 0.15) is 44.2 Å². The zero-order chi connectivity index (χ0) is 13.9. The Morgan fingerprint density at radius 3 is 3.00 bits per heavy atom. The van der Waals surface area contributed by atoms with E-state index in [1.165, 1.54) is 25.7 Å². The minimum atomic E-state index is -0.448. The van der Waals surface area contributed by atoms with Gasteiger partial charge in [0.15, 0.2) is 0 Å². The van der Waals surface area contributed by atoms with Crippen LogP contribution in [0.3, 0.4) is 0 Å². The Hall–Kier alpha value is -1.36. The predicted octanol–water partition coefficient (Wildman–Crippen LogP) is 1.46. The van der Waals surface area contributed by atoms with Crippen molar-refractivity contribution in [3.63, 3.8) is 0 Å². The van der Waals surface area contributed by atoms with E-state index in [0.717, 1.165) is 25.1 Å². The first kappa shape index (κ1) is 13.6. The van der Waals surface area contributed by atoms with Crippen molar-refractivity contribution in [2.75, 3.05) is 6.54 Å². The average Bonchev–Trinajstić information content (AvgIpc) is 2.99. The number of amides is 1. The van der Waals surface area contributed by atoms with E-state index in [-0.39, 0.29) is 5.91 Å². The Bertz CT molecular complexity index is 443. The summed E-state index contributed by atoms with van der Waals surface area (Å²) in [6.07, 6.45) is 11.3. The Morgan fingerprint density at radius 2 is 2.20 bits per heavy atom. The number of aromatic nitrogens is 2. The third-order valence-corrected chi connectivity index (χ3v) is 4.84. The lowest BCUT2D eigenvalue weighted by molar-refractivity contribution is -0.139. The highest BCUT2D eigenvalue weighted by atomic mass is 16.2. The van der Waals surface area contributed by atoms with Crippen LogP contribution in [0.25, 0.3) is 0 Å². The molecule has 1 aromatic rings. The molecule has 2 aliphatic rings. The molecule has 0 spiro atoms. The van der Waals surface area contributed by atoms with Crippen LogP contribution in [0.15, 0.2) is 12.5 Å². The molecule has 3 N–H and O–H groups in total. The Morgan fingerprint density at radius 1 is 1.40 bits per heavy atom. The summed E-state index contributed by atoms with van der Waals surface area (Å²) in [6.45, 7) is 0.886. The fourth-order valence-electron chi connectivity index (χ4n) is 3.83. The minimum Gasteiger partial charge on any atom is -0.348 e. The first-order chi connectivity index (χ1) is 9.75. The van der Waals surface area contributed by atoms with Crippen LogP contribution < -0.4 is 5.73 Å². The standard InChI is InChI=1S/C15H24N4O/c16-13(8-12-9-17-10-18-12)15(20)19-7-3-5-11-4-1-2-6-14(11)19/h9-11,13-14H,1-8,16H2,(H,17,18)/t11-,13-,14+/m1/s1. The molecule has 0 aromatic carbocycles. The first-order valence-electron chi connectivity index (χ1n) is 7.79. The van der Waals surface area contributed by atoms with Crippen LogP contribution in [0.5, 0.6) is 0 Å². The summed E-state index contributed by atoms with van der Waals surface area (Å²) in [7, 11) is 0. The van der Waals surface area contributed by atoms with E-state index in [1.54, 1.807) is 12.5 Å². The van der Waals surface area contributed by atoms with Gasteiger partial charge in [-0.3, -0.25) is 4.79 Å². The Kier molecular flexibility index (Phi) is 4.05. The van der Waals surface area contributed by atoms with E-state index in [4.69, 9.17) is 5.73 Å². The van der Waals surface area contributed by atoms with Crippen molar-refractivity contribution >= 4 is 5.91 Å². The van der Waals surface area contributed by atoms with Gasteiger partial charge in [-0.15, -0.1) is 0 Å². The number of rotatable bonds is 3. The number of piperidine rings is 1. The van der Waals surface area contributed by atoms with Gasteiger partial charge in [0.05, 0.1) is 12.4 Å². The molecule has 0 radical (unpaired) electrons. The summed E-state index contributed by atoms with van der Waals surface area (Å²) in [5.74, 6) is 0.831. The molecule has 0 unspecified atom stereocenters. The summed E-state index contributed by atoms with van der Waals surface area (Å²) in [4.78, 5) is 21.7. The van der Waals surface area contributed by atoms with Gasteiger partial charge in [-0.05, 0) is 31.6 Å². The fraction of sp³-hybridized carbons (Fsp3) is 0.733. The number of imidazole rings is 1. The topological polar surface area (TPSA) is 75.0 Å². The minimum absolute atomic E-state index is 0.121. The number of hydrogen-bond donors (Lipinski definition) is 2. The number of H-pyrrole nitrogens is 1. The maximum Gasteiger partial charge on any atom is 0.240 e. The molecule has 1 amide bonds. The average molecular weight is 276 g/mol. The molecule has 3 atom stereocenters. The first-order valence-corrected chi connectivity index (χ1v) is 7.79. The number of nitrogens with two attached hydrogens (primary N) is 1. The molecular formula is C15H24N4O. The number of hydrogen-bond acceptors (Lipinski definition) is 3. The normalized spacial score (nSPS) is 27.9. The van der Waals surface area contributed by atoms with Crippen LogP contribution in [-0.4, -0.2) is 39.4 Å². The third-order valence-electron chi connectivity index (χ3n) is 4.84. The Balaban J connectivity index is 1.65. The van der Waals surface area contributed by atoms with Crippen molar-refractivity contribution in [1.29, 1.82) is 0 Å². The van der Waals surface area contributed by atoms with Crippen LogP contribution in [0.2, 0.25) is 0 Å². The van der Waals surface area contributed by atoms with E-state index in [1.807, 2.05) is 0 Å². The molecular weight excluding hydrogens is 252 g/mol. The molecule has 1 saturated heterocycles. The van der Waals surface area contributed by atoms with Gasteiger partial charge < -0.3 is 15.6 Å². The van der Waals surface area contributed by atoms with Gasteiger partial charge in [-0.1, -0.05) is 12.8 Å². The second-order valence-electron chi connectivity index (χ2n) is 6.17. The van der Waals surface area contributed by atoms with Crippen LogP contribution in [-0.2, 0) is 11.2 Å². The van der Waals surface area contributed by atoms with Crippen molar-refractivity contribution in [3.05, 3.63) is 18.2 Å². The molecule has 2 fully saturated rings. The number of carbonyl (C=O) groups is 1. The van der Waals surface area contributed by atoms with Gasteiger partial charge in [0, 0.05) is 30.9 Å². The van der Waals surface area contributed by atoms with Gasteiger partial charge in [-0.2, -0.15) is 0 Å². The molecule has 5 nitrogen and oxygen atoms in total. The highest BCUT2D eigenvalue weighted by molar-refractivity contribution is 5.82. The van der Waals surface area contributed by atoms with E-state index in [9.17, 15) is 4.79 Å². The summed E-state index contributed by atoms with van der Waals surface area (Å²) in [5, 5.41) is 0. The van der Waals surface area contributed by atoms with Crippen LogP contribution in [0, 0.1) is 5.92 Å². The van der Waals surface area contributed by atoms with Crippen LogP contribution in [0.4, 0.5) is 0 Å². The quantitative estimate of drug-likeness (QED) is 0.877. The van der Waals surface area contributed by atoms with Gasteiger partial charge in [0.2, 0.25) is 5.91 Å². The zero-order valence-corrected chi connectivity index (χ0v) is 11.9. The van der Waals surface area contributed by atoms with Gasteiger partial charge in [0.25, 0.3) is 0 Å².